The minimum atomic E-state index is -0.0161. The van der Waals surface area contributed by atoms with Crippen molar-refractivity contribution in [1.29, 1.82) is 0 Å². The average Bonchev–Trinajstić information content (AvgIpc) is 2.64. The maximum atomic E-state index is 11.7. The van der Waals surface area contributed by atoms with Crippen LogP contribution in [0.2, 0.25) is 0 Å². The second-order valence-corrected chi connectivity index (χ2v) is 5.92. The Balaban J connectivity index is 1.91. The number of anilines is 1. The first-order valence-electron chi connectivity index (χ1n) is 6.92. The van der Waals surface area contributed by atoms with E-state index in [1.807, 2.05) is 19.2 Å². The predicted molar refractivity (Wildman–Crippen MR) is 75.8 cm³/mol. The minimum absolute atomic E-state index is 0.0161. The Bertz CT molecular complexity index is 517. The van der Waals surface area contributed by atoms with Gasteiger partial charge in [-0.1, -0.05) is 18.6 Å². The Hall–Kier alpha value is -1.39. The summed E-state index contributed by atoms with van der Waals surface area (Å²) in [6.07, 6.45) is 3.93. The summed E-state index contributed by atoms with van der Waals surface area (Å²) in [5.41, 5.74) is 15.6. The molecule has 1 heterocycles. The van der Waals surface area contributed by atoms with Gasteiger partial charge in [-0.15, -0.1) is 0 Å². The Morgan fingerprint density at radius 2 is 2.16 bits per heavy atom. The molecule has 1 amide bonds. The molecule has 19 heavy (non-hydrogen) atoms. The van der Waals surface area contributed by atoms with Crippen LogP contribution in [0.4, 0.5) is 5.69 Å². The SMILES string of the molecule is CN1C(=O)Cc2cc(C(N)C3(CN)CCC3)ccc21. The van der Waals surface area contributed by atoms with E-state index in [1.54, 1.807) is 4.90 Å². The summed E-state index contributed by atoms with van der Waals surface area (Å²) >= 11 is 0. The summed E-state index contributed by atoms with van der Waals surface area (Å²) in [6, 6.07) is 6.14. The van der Waals surface area contributed by atoms with Crippen LogP contribution in [0.3, 0.4) is 0 Å². The Morgan fingerprint density at radius 1 is 1.42 bits per heavy atom. The molecular weight excluding hydrogens is 238 g/mol. The van der Waals surface area contributed by atoms with Crippen molar-refractivity contribution in [2.45, 2.75) is 31.7 Å². The van der Waals surface area contributed by atoms with Crippen LogP contribution in [0.5, 0.6) is 0 Å². The van der Waals surface area contributed by atoms with Crippen molar-refractivity contribution in [2.24, 2.45) is 16.9 Å². The standard InChI is InChI=1S/C15H21N3O/c1-18-12-4-3-10(7-11(12)8-13(18)19)14(17)15(9-16)5-2-6-15/h3-4,7,14H,2,5-6,8-9,16-17H2,1H3. The molecule has 2 aliphatic rings. The first-order chi connectivity index (χ1) is 9.07. The number of nitrogens with two attached hydrogens (primary N) is 2. The fourth-order valence-electron chi connectivity index (χ4n) is 3.31. The molecule has 1 fully saturated rings. The quantitative estimate of drug-likeness (QED) is 0.860. The second kappa shape index (κ2) is 4.32. The Labute approximate surface area is 113 Å². The third kappa shape index (κ3) is 1.78. The smallest absolute Gasteiger partial charge is 0.231 e. The average molecular weight is 259 g/mol. The zero-order valence-electron chi connectivity index (χ0n) is 11.4. The highest BCUT2D eigenvalue weighted by Gasteiger charge is 2.42. The summed E-state index contributed by atoms with van der Waals surface area (Å²) in [5, 5.41) is 0. The molecule has 3 rings (SSSR count). The lowest BCUT2D eigenvalue weighted by Gasteiger charge is -2.45. The highest BCUT2D eigenvalue weighted by atomic mass is 16.2. The van der Waals surface area contributed by atoms with Crippen LogP contribution in [-0.2, 0) is 11.2 Å². The van der Waals surface area contributed by atoms with E-state index in [0.717, 1.165) is 29.7 Å². The van der Waals surface area contributed by atoms with E-state index >= 15 is 0 Å². The summed E-state index contributed by atoms with van der Waals surface area (Å²) in [5.74, 6) is 0.151. The van der Waals surface area contributed by atoms with Gasteiger partial charge in [0.1, 0.15) is 0 Å². The monoisotopic (exact) mass is 259 g/mol. The van der Waals surface area contributed by atoms with Gasteiger partial charge in [0.2, 0.25) is 5.91 Å². The molecule has 1 aliphatic heterocycles. The zero-order chi connectivity index (χ0) is 13.6. The first kappa shape index (κ1) is 12.6. The number of benzene rings is 1. The second-order valence-electron chi connectivity index (χ2n) is 5.92. The molecule has 1 aromatic rings. The van der Waals surface area contributed by atoms with Crippen LogP contribution in [0.15, 0.2) is 18.2 Å². The normalized spacial score (nSPS) is 22.1. The highest BCUT2D eigenvalue weighted by Crippen LogP contribution is 2.48. The number of carbonyl (C=O) groups is 1. The van der Waals surface area contributed by atoms with E-state index in [-0.39, 0.29) is 17.4 Å². The molecule has 1 aliphatic carbocycles. The van der Waals surface area contributed by atoms with Gasteiger partial charge in [-0.25, -0.2) is 0 Å². The minimum Gasteiger partial charge on any atom is -0.330 e. The third-order valence-electron chi connectivity index (χ3n) is 4.96. The van der Waals surface area contributed by atoms with Crippen LogP contribution in [0.1, 0.15) is 36.4 Å². The molecular formula is C15H21N3O. The van der Waals surface area contributed by atoms with Gasteiger partial charge in [0.25, 0.3) is 0 Å². The first-order valence-corrected chi connectivity index (χ1v) is 6.92. The molecule has 1 atom stereocenters. The summed E-state index contributed by atoms with van der Waals surface area (Å²) in [7, 11) is 1.82. The van der Waals surface area contributed by atoms with Crippen molar-refractivity contribution >= 4 is 11.6 Å². The Morgan fingerprint density at radius 3 is 2.74 bits per heavy atom. The van der Waals surface area contributed by atoms with Gasteiger partial charge in [0.15, 0.2) is 0 Å². The zero-order valence-corrected chi connectivity index (χ0v) is 11.4. The van der Waals surface area contributed by atoms with Crippen LogP contribution in [0.25, 0.3) is 0 Å². The molecule has 0 radical (unpaired) electrons. The van der Waals surface area contributed by atoms with E-state index in [2.05, 4.69) is 6.07 Å². The van der Waals surface area contributed by atoms with Gasteiger partial charge in [-0.3, -0.25) is 4.79 Å². The van der Waals surface area contributed by atoms with Crippen molar-refractivity contribution in [1.82, 2.24) is 0 Å². The lowest BCUT2D eigenvalue weighted by molar-refractivity contribution is -0.117. The maximum Gasteiger partial charge on any atom is 0.231 e. The number of hydrogen-bond donors (Lipinski definition) is 2. The lowest BCUT2D eigenvalue weighted by Crippen LogP contribution is -2.46. The fourth-order valence-corrected chi connectivity index (χ4v) is 3.31. The van der Waals surface area contributed by atoms with Crippen LogP contribution in [-0.4, -0.2) is 19.5 Å². The number of likely N-dealkylation sites (N-methyl/N-ethyl adjacent to an activating group) is 1. The van der Waals surface area contributed by atoms with Gasteiger partial charge in [-0.05, 0) is 36.6 Å². The molecule has 1 unspecified atom stereocenters. The van der Waals surface area contributed by atoms with E-state index in [4.69, 9.17) is 11.5 Å². The summed E-state index contributed by atoms with van der Waals surface area (Å²) < 4.78 is 0. The van der Waals surface area contributed by atoms with Crippen molar-refractivity contribution in [3.05, 3.63) is 29.3 Å². The molecule has 0 spiro atoms. The molecule has 0 saturated heterocycles. The largest absolute Gasteiger partial charge is 0.330 e. The predicted octanol–water partition coefficient (Wildman–Crippen LogP) is 1.33. The molecule has 102 valence electrons. The number of rotatable bonds is 3. The molecule has 1 saturated carbocycles. The lowest BCUT2D eigenvalue weighted by atomic mass is 9.62. The van der Waals surface area contributed by atoms with Crippen molar-refractivity contribution in [2.75, 3.05) is 18.5 Å². The van der Waals surface area contributed by atoms with Gasteiger partial charge in [0, 0.05) is 24.2 Å². The van der Waals surface area contributed by atoms with Gasteiger partial charge in [-0.2, -0.15) is 0 Å². The van der Waals surface area contributed by atoms with Gasteiger partial charge < -0.3 is 16.4 Å². The molecule has 4 nitrogen and oxygen atoms in total. The van der Waals surface area contributed by atoms with Crippen molar-refractivity contribution in [3.8, 4) is 0 Å². The van der Waals surface area contributed by atoms with E-state index in [1.165, 1.54) is 6.42 Å². The molecule has 4 N–H and O–H groups in total. The van der Waals surface area contributed by atoms with Crippen molar-refractivity contribution in [3.63, 3.8) is 0 Å². The molecule has 0 bridgehead atoms. The third-order valence-corrected chi connectivity index (χ3v) is 4.96. The van der Waals surface area contributed by atoms with E-state index in [9.17, 15) is 4.79 Å². The Kier molecular flexibility index (Phi) is 2.87. The number of amides is 1. The molecule has 0 aromatic heterocycles. The van der Waals surface area contributed by atoms with Crippen LogP contribution in [0, 0.1) is 5.41 Å². The van der Waals surface area contributed by atoms with Gasteiger partial charge in [0.05, 0.1) is 6.42 Å². The molecule has 4 heteroatoms. The topological polar surface area (TPSA) is 72.3 Å². The van der Waals surface area contributed by atoms with Crippen molar-refractivity contribution < 1.29 is 4.79 Å². The number of fused-ring (bicyclic) bond motifs is 1. The van der Waals surface area contributed by atoms with Crippen LogP contribution >= 0.6 is 0 Å². The maximum absolute atomic E-state index is 11.7. The van der Waals surface area contributed by atoms with Crippen LogP contribution < -0.4 is 16.4 Å². The highest BCUT2D eigenvalue weighted by molar-refractivity contribution is 6.00. The number of nitrogens with zero attached hydrogens (tertiary/aromatic N) is 1. The number of carbonyl (C=O) groups excluding carboxylic acids is 1. The van der Waals surface area contributed by atoms with Gasteiger partial charge >= 0.3 is 0 Å². The number of hydrogen-bond acceptors (Lipinski definition) is 3. The summed E-state index contributed by atoms with van der Waals surface area (Å²) in [6.45, 7) is 0.643. The van der Waals surface area contributed by atoms with E-state index < -0.39 is 0 Å². The summed E-state index contributed by atoms with van der Waals surface area (Å²) in [4.78, 5) is 13.4. The fraction of sp³-hybridized carbons (Fsp3) is 0.533. The van der Waals surface area contributed by atoms with E-state index in [0.29, 0.717) is 13.0 Å². The molecule has 1 aromatic carbocycles.